The SMILES string of the molecule is CCOC(=O)CC(NC(=O)c1ccc(N2CC(F)(F)C2)c(OCC2CC2)n1)c1ccccc1. The van der Waals surface area contributed by atoms with Gasteiger partial charge in [-0.1, -0.05) is 30.3 Å². The highest BCUT2D eigenvalue weighted by atomic mass is 19.3. The fourth-order valence-electron chi connectivity index (χ4n) is 3.63. The van der Waals surface area contributed by atoms with Crippen LogP contribution in [0.3, 0.4) is 0 Å². The highest BCUT2D eigenvalue weighted by molar-refractivity contribution is 5.93. The molecule has 0 spiro atoms. The Labute approximate surface area is 191 Å². The van der Waals surface area contributed by atoms with Gasteiger partial charge in [-0.05, 0) is 43.4 Å². The highest BCUT2D eigenvalue weighted by Crippen LogP contribution is 2.38. The highest BCUT2D eigenvalue weighted by Gasteiger charge is 2.45. The average Bonchev–Trinajstić information content (AvgIpc) is 3.60. The molecule has 1 aromatic carbocycles. The molecule has 0 bridgehead atoms. The predicted octanol–water partition coefficient (Wildman–Crippen LogP) is 3.75. The maximum Gasteiger partial charge on any atom is 0.308 e. The number of ether oxygens (including phenoxy) is 2. The van der Waals surface area contributed by atoms with Crippen molar-refractivity contribution in [3.05, 3.63) is 53.7 Å². The van der Waals surface area contributed by atoms with E-state index in [1.165, 1.54) is 11.0 Å². The summed E-state index contributed by atoms with van der Waals surface area (Å²) < 4.78 is 37.6. The lowest BCUT2D eigenvalue weighted by atomic mass is 10.0. The fourth-order valence-corrected chi connectivity index (χ4v) is 3.63. The normalized spacial score (nSPS) is 17.6. The molecular formula is C24H27F2N3O4. The van der Waals surface area contributed by atoms with Gasteiger partial charge in [0, 0.05) is 0 Å². The largest absolute Gasteiger partial charge is 0.476 e. The van der Waals surface area contributed by atoms with Crippen LogP contribution in [0.15, 0.2) is 42.5 Å². The Morgan fingerprint density at radius 3 is 2.55 bits per heavy atom. The number of alkyl halides is 2. The number of carbonyl (C=O) groups excluding carboxylic acids is 2. The molecule has 1 N–H and O–H groups in total. The quantitative estimate of drug-likeness (QED) is 0.545. The van der Waals surface area contributed by atoms with Crippen molar-refractivity contribution in [1.82, 2.24) is 10.3 Å². The van der Waals surface area contributed by atoms with E-state index in [0.717, 1.165) is 18.4 Å². The minimum absolute atomic E-state index is 0.0322. The number of anilines is 1. The van der Waals surface area contributed by atoms with E-state index in [1.54, 1.807) is 13.0 Å². The number of esters is 1. The number of pyridine rings is 1. The van der Waals surface area contributed by atoms with Crippen molar-refractivity contribution in [2.24, 2.45) is 5.92 Å². The number of halogens is 2. The molecule has 0 radical (unpaired) electrons. The van der Waals surface area contributed by atoms with Crippen molar-refractivity contribution >= 4 is 17.6 Å². The van der Waals surface area contributed by atoms with Crippen LogP contribution >= 0.6 is 0 Å². The molecule has 2 aromatic rings. The van der Waals surface area contributed by atoms with Crippen LogP contribution in [0.1, 0.15) is 48.3 Å². The summed E-state index contributed by atoms with van der Waals surface area (Å²) in [6, 6.07) is 11.6. The van der Waals surface area contributed by atoms with E-state index in [1.807, 2.05) is 30.3 Å². The summed E-state index contributed by atoms with van der Waals surface area (Å²) in [6.07, 6.45) is 2.09. The van der Waals surface area contributed by atoms with Gasteiger partial charge < -0.3 is 19.7 Å². The van der Waals surface area contributed by atoms with E-state index in [9.17, 15) is 18.4 Å². The summed E-state index contributed by atoms with van der Waals surface area (Å²) >= 11 is 0. The summed E-state index contributed by atoms with van der Waals surface area (Å²) in [6.45, 7) is 1.58. The van der Waals surface area contributed by atoms with Gasteiger partial charge in [0.25, 0.3) is 11.8 Å². The Morgan fingerprint density at radius 2 is 1.91 bits per heavy atom. The van der Waals surface area contributed by atoms with Crippen LogP contribution in [0, 0.1) is 5.92 Å². The maximum atomic E-state index is 13.4. The topological polar surface area (TPSA) is 80.8 Å². The number of hydrogen-bond donors (Lipinski definition) is 1. The third-order valence-electron chi connectivity index (χ3n) is 5.59. The number of rotatable bonds is 10. The van der Waals surface area contributed by atoms with E-state index in [2.05, 4.69) is 10.3 Å². The third-order valence-corrected chi connectivity index (χ3v) is 5.59. The Balaban J connectivity index is 1.52. The first kappa shape index (κ1) is 22.9. The van der Waals surface area contributed by atoms with Gasteiger partial charge in [-0.2, -0.15) is 0 Å². The molecule has 2 heterocycles. The van der Waals surface area contributed by atoms with E-state index >= 15 is 0 Å². The van der Waals surface area contributed by atoms with E-state index < -0.39 is 36.9 Å². The maximum absolute atomic E-state index is 13.4. The molecule has 1 saturated heterocycles. The molecule has 7 nitrogen and oxygen atoms in total. The minimum atomic E-state index is -2.74. The molecule has 1 saturated carbocycles. The lowest BCUT2D eigenvalue weighted by molar-refractivity contribution is -0.143. The van der Waals surface area contributed by atoms with Gasteiger partial charge in [0.2, 0.25) is 5.88 Å². The van der Waals surface area contributed by atoms with E-state index in [-0.39, 0.29) is 24.6 Å². The molecule has 4 rings (SSSR count). The standard InChI is InChI=1S/C24H27F2N3O4/c1-2-32-21(30)12-19(17-6-4-3-5-7-17)27-22(31)18-10-11-20(29-14-24(25,26)15-29)23(28-18)33-13-16-8-9-16/h3-7,10-11,16,19H,2,8-9,12-15H2,1H3,(H,27,31). The number of amides is 1. The smallest absolute Gasteiger partial charge is 0.308 e. The molecule has 2 aliphatic rings. The van der Waals surface area contributed by atoms with Gasteiger partial charge in [0.1, 0.15) is 11.4 Å². The monoisotopic (exact) mass is 459 g/mol. The molecule has 2 fully saturated rings. The summed E-state index contributed by atoms with van der Waals surface area (Å²) in [5.41, 5.74) is 1.29. The van der Waals surface area contributed by atoms with Crippen molar-refractivity contribution in [3.8, 4) is 5.88 Å². The van der Waals surface area contributed by atoms with Gasteiger partial charge in [0.15, 0.2) is 0 Å². The summed E-state index contributed by atoms with van der Waals surface area (Å²) in [5, 5.41) is 2.84. The van der Waals surface area contributed by atoms with Crippen LogP contribution in [-0.4, -0.2) is 49.1 Å². The Hall–Kier alpha value is -3.23. The molecular weight excluding hydrogens is 432 g/mol. The number of hydrogen-bond acceptors (Lipinski definition) is 6. The summed E-state index contributed by atoms with van der Waals surface area (Å²) in [7, 11) is 0. The number of benzene rings is 1. The second kappa shape index (κ2) is 9.72. The van der Waals surface area contributed by atoms with E-state index in [4.69, 9.17) is 9.47 Å². The van der Waals surface area contributed by atoms with E-state index in [0.29, 0.717) is 18.2 Å². The van der Waals surface area contributed by atoms with Crippen molar-refractivity contribution in [2.45, 2.75) is 38.2 Å². The molecule has 9 heteroatoms. The fraction of sp³-hybridized carbons (Fsp3) is 0.458. The zero-order chi connectivity index (χ0) is 23.4. The minimum Gasteiger partial charge on any atom is -0.476 e. The van der Waals surface area contributed by atoms with Crippen molar-refractivity contribution < 1.29 is 27.8 Å². The first-order valence-electron chi connectivity index (χ1n) is 11.1. The zero-order valence-corrected chi connectivity index (χ0v) is 18.4. The summed E-state index contributed by atoms with van der Waals surface area (Å²) in [5.74, 6) is -3.06. The van der Waals surface area contributed by atoms with Crippen molar-refractivity contribution in [1.29, 1.82) is 0 Å². The zero-order valence-electron chi connectivity index (χ0n) is 18.4. The Kier molecular flexibility index (Phi) is 6.76. The summed E-state index contributed by atoms with van der Waals surface area (Å²) in [4.78, 5) is 31.0. The third kappa shape index (κ3) is 5.97. The predicted molar refractivity (Wildman–Crippen MR) is 118 cm³/mol. The first-order valence-corrected chi connectivity index (χ1v) is 11.1. The molecule has 1 aliphatic heterocycles. The molecule has 1 aromatic heterocycles. The first-order chi connectivity index (χ1) is 15.8. The number of carbonyl (C=O) groups is 2. The lowest BCUT2D eigenvalue weighted by Gasteiger charge is -2.40. The average molecular weight is 459 g/mol. The van der Waals surface area contributed by atoms with Crippen LogP contribution in [0.5, 0.6) is 5.88 Å². The van der Waals surface area contributed by atoms with Gasteiger partial charge in [-0.3, -0.25) is 9.59 Å². The Morgan fingerprint density at radius 1 is 1.18 bits per heavy atom. The number of nitrogens with zero attached hydrogens (tertiary/aromatic N) is 2. The number of aromatic nitrogens is 1. The lowest BCUT2D eigenvalue weighted by Crippen LogP contribution is -2.56. The van der Waals surface area contributed by atoms with Gasteiger partial charge in [-0.25, -0.2) is 13.8 Å². The van der Waals surface area contributed by atoms with Crippen LogP contribution in [-0.2, 0) is 9.53 Å². The molecule has 1 aliphatic carbocycles. The molecule has 33 heavy (non-hydrogen) atoms. The van der Waals surface area contributed by atoms with Gasteiger partial charge in [0.05, 0.1) is 38.8 Å². The molecule has 176 valence electrons. The van der Waals surface area contributed by atoms with Crippen LogP contribution in [0.2, 0.25) is 0 Å². The number of nitrogens with one attached hydrogen (secondary N) is 1. The Bertz CT molecular complexity index is 990. The van der Waals surface area contributed by atoms with Crippen LogP contribution < -0.4 is 15.0 Å². The van der Waals surface area contributed by atoms with Crippen molar-refractivity contribution in [2.75, 3.05) is 31.2 Å². The molecule has 1 unspecified atom stereocenters. The second-order valence-electron chi connectivity index (χ2n) is 8.43. The van der Waals surface area contributed by atoms with Crippen LogP contribution in [0.4, 0.5) is 14.5 Å². The van der Waals surface area contributed by atoms with Gasteiger partial charge in [-0.15, -0.1) is 0 Å². The van der Waals surface area contributed by atoms with Crippen molar-refractivity contribution in [3.63, 3.8) is 0 Å². The molecule has 1 atom stereocenters. The molecule has 1 amide bonds. The van der Waals surface area contributed by atoms with Crippen LogP contribution in [0.25, 0.3) is 0 Å². The van der Waals surface area contributed by atoms with Gasteiger partial charge >= 0.3 is 5.97 Å². The second-order valence-corrected chi connectivity index (χ2v) is 8.43.